The first-order chi connectivity index (χ1) is 32.0. The van der Waals surface area contributed by atoms with Gasteiger partial charge in [-0.2, -0.15) is 26.3 Å². The fourth-order valence-electron chi connectivity index (χ4n) is 5.54. The number of aliphatic hydroxyl groups excluding tert-OH is 1. The van der Waals surface area contributed by atoms with Gasteiger partial charge in [-0.05, 0) is 189 Å². The monoisotopic (exact) mass is 1030 g/mol. The molecule has 0 aromatic carbocycles. The smallest absolute Gasteiger partial charge is 0.395 e. The Morgan fingerprint density at radius 3 is 1.13 bits per heavy atom. The number of rotatable bonds is 30. The third kappa shape index (κ3) is 108. The van der Waals surface area contributed by atoms with E-state index in [2.05, 4.69) is 136 Å². The molecule has 0 radical (unpaired) electrons. The molecule has 0 unspecified atom stereocenters. The van der Waals surface area contributed by atoms with E-state index < -0.39 is 25.4 Å². The summed E-state index contributed by atoms with van der Waals surface area (Å²) in [6, 6.07) is 0. The molecule has 434 valence electrons. The van der Waals surface area contributed by atoms with Crippen LogP contribution in [0.1, 0.15) is 162 Å². The van der Waals surface area contributed by atoms with Crippen LogP contribution in [0, 0.1) is 41.4 Å². The molecule has 0 saturated carbocycles. The van der Waals surface area contributed by atoms with E-state index in [-0.39, 0.29) is 13.3 Å². The second-order valence-electron chi connectivity index (χ2n) is 22.7. The number of hydrogen-bond donors (Lipinski definition) is 2. The summed E-state index contributed by atoms with van der Waals surface area (Å²) < 4.78 is 81.6. The summed E-state index contributed by atoms with van der Waals surface area (Å²) in [5.41, 5.74) is 0. The van der Waals surface area contributed by atoms with Gasteiger partial charge in [-0.1, -0.05) is 117 Å². The first-order valence-corrected chi connectivity index (χ1v) is 27.0. The third-order valence-corrected chi connectivity index (χ3v) is 10.1. The number of unbranched alkanes of at least 4 members (excludes halogenated alkanes) is 1. The number of hydrogen-bond acceptors (Lipinski definition) is 8. The van der Waals surface area contributed by atoms with Gasteiger partial charge in [0.1, 0.15) is 6.67 Å². The molecule has 0 aromatic heterocycles. The molecule has 0 rings (SSSR count). The van der Waals surface area contributed by atoms with E-state index in [9.17, 15) is 30.7 Å². The third-order valence-electron chi connectivity index (χ3n) is 10.1. The highest BCUT2D eigenvalue weighted by Gasteiger charge is 2.29. The van der Waals surface area contributed by atoms with Gasteiger partial charge in [0.05, 0.1) is 19.7 Å². The fourth-order valence-corrected chi connectivity index (χ4v) is 5.54. The number of halogens is 7. The molecule has 0 aliphatic carbocycles. The van der Waals surface area contributed by atoms with Gasteiger partial charge < -0.3 is 34.9 Å². The number of nitrogens with one attached hydrogen (secondary N) is 1. The summed E-state index contributed by atoms with van der Waals surface area (Å²) in [5, 5.41) is 10.8. The average Bonchev–Trinajstić information content (AvgIpc) is 3.18. The molecule has 0 aliphatic heterocycles. The van der Waals surface area contributed by atoms with Crippen molar-refractivity contribution in [2.45, 2.75) is 174 Å². The maximum Gasteiger partial charge on any atom is 0.401 e. The van der Waals surface area contributed by atoms with E-state index in [0.29, 0.717) is 37.4 Å². The van der Waals surface area contributed by atoms with Crippen LogP contribution in [0.4, 0.5) is 30.7 Å². The van der Waals surface area contributed by atoms with Crippen molar-refractivity contribution in [2.75, 3.05) is 148 Å². The van der Waals surface area contributed by atoms with Crippen molar-refractivity contribution in [1.29, 1.82) is 0 Å². The van der Waals surface area contributed by atoms with E-state index in [4.69, 9.17) is 5.11 Å². The van der Waals surface area contributed by atoms with Gasteiger partial charge in [-0.3, -0.25) is 4.90 Å². The lowest BCUT2D eigenvalue weighted by Gasteiger charge is -2.19. The van der Waals surface area contributed by atoms with Crippen molar-refractivity contribution in [3.05, 3.63) is 0 Å². The van der Waals surface area contributed by atoms with E-state index in [1.165, 1.54) is 76.7 Å². The molecular weight excluding hydrogens is 908 g/mol. The summed E-state index contributed by atoms with van der Waals surface area (Å²) in [6.45, 7) is 40.2. The van der Waals surface area contributed by atoms with Crippen LogP contribution in [0.5, 0.6) is 0 Å². The van der Waals surface area contributed by atoms with E-state index >= 15 is 0 Å². The first kappa shape index (κ1) is 83.2. The number of alkyl halides is 7. The van der Waals surface area contributed by atoms with Gasteiger partial charge >= 0.3 is 12.4 Å². The lowest BCUT2D eigenvalue weighted by molar-refractivity contribution is -0.143. The molecule has 15 heteroatoms. The Morgan fingerprint density at radius 2 is 0.800 bits per heavy atom. The van der Waals surface area contributed by atoms with Crippen LogP contribution in [0.25, 0.3) is 0 Å². The largest absolute Gasteiger partial charge is 0.401 e. The normalized spacial score (nSPS) is 11.8. The summed E-state index contributed by atoms with van der Waals surface area (Å²) in [6.07, 6.45) is 2.77. The molecule has 0 aliphatic rings. The number of likely N-dealkylation sites (N-methyl/N-ethyl adjacent to an activating group) is 1. The molecule has 0 atom stereocenters. The van der Waals surface area contributed by atoms with Crippen molar-refractivity contribution in [3.63, 3.8) is 0 Å². The summed E-state index contributed by atoms with van der Waals surface area (Å²) >= 11 is 0. The quantitative estimate of drug-likeness (QED) is 0.0545. The molecule has 0 heterocycles. The highest BCUT2D eigenvalue weighted by Crippen LogP contribution is 2.16. The first-order valence-electron chi connectivity index (χ1n) is 27.0. The van der Waals surface area contributed by atoms with Gasteiger partial charge in [0, 0.05) is 19.6 Å². The predicted molar refractivity (Wildman–Crippen MR) is 296 cm³/mol. The summed E-state index contributed by atoms with van der Waals surface area (Å²) in [5.74, 6) is 4.92. The van der Waals surface area contributed by atoms with Crippen LogP contribution in [-0.4, -0.2) is 195 Å². The molecule has 0 amide bonds. The topological polar surface area (TPSA) is 51.7 Å². The maximum absolute atomic E-state index is 11.8. The van der Waals surface area contributed by atoms with Crippen molar-refractivity contribution in [2.24, 2.45) is 41.4 Å². The lowest BCUT2D eigenvalue weighted by Crippen LogP contribution is -2.32. The molecule has 70 heavy (non-hydrogen) atoms. The molecule has 0 fully saturated rings. The van der Waals surface area contributed by atoms with Crippen molar-refractivity contribution in [1.82, 2.24) is 34.7 Å². The van der Waals surface area contributed by atoms with Gasteiger partial charge in [-0.15, -0.1) is 0 Å². The van der Waals surface area contributed by atoms with Crippen LogP contribution in [-0.2, 0) is 0 Å². The molecular formula is C55H124F7N7O. The van der Waals surface area contributed by atoms with Gasteiger partial charge in [0.25, 0.3) is 0 Å². The van der Waals surface area contributed by atoms with Crippen LogP contribution in [0.3, 0.4) is 0 Å². The van der Waals surface area contributed by atoms with Crippen molar-refractivity contribution < 1.29 is 35.8 Å². The predicted octanol–water partition coefficient (Wildman–Crippen LogP) is 13.6. The Morgan fingerprint density at radius 1 is 0.414 bits per heavy atom. The Balaban J connectivity index is -0.000000133. The van der Waals surface area contributed by atoms with Crippen LogP contribution in [0.15, 0.2) is 0 Å². The standard InChI is InChI=1S/C9H21N.C8H16F3N.C8H18FN.2C8H19N.C7H14F3N.C7H17NO/c1-9(2)7-5-6-8-10(3)4;1-7(2)4-5-12(3)6-8(9,10)11;1-8(2)4-6-10(3)7-5-9;1-8(2)6-5-7-9(3)4;1-5-9(4)7-6-8(2)3;1-6(2)3-4-11-5-7(8,9)10;1-7(2)6-8(3)4-5-9/h9H,5-8H2,1-4H3;7H,4-6H2,1-3H3;8H,4-7H2,1-3H3;2*8H,5-7H2,1-4H3;6,11H,3-5H2,1-2H3;7,9H,4-6H2,1-3H3. The Bertz CT molecular complexity index is 951. The van der Waals surface area contributed by atoms with Crippen LogP contribution in [0.2, 0.25) is 0 Å². The Labute approximate surface area is 433 Å². The summed E-state index contributed by atoms with van der Waals surface area (Å²) in [7, 11) is 16.2. The zero-order valence-corrected chi connectivity index (χ0v) is 50.6. The average molecular weight is 1030 g/mol. The van der Waals surface area contributed by atoms with Crippen molar-refractivity contribution >= 4 is 0 Å². The maximum atomic E-state index is 11.8. The minimum absolute atomic E-state index is 0.228. The van der Waals surface area contributed by atoms with E-state index in [0.717, 1.165) is 62.6 Å². The SMILES string of the molecule is CC(C)CCCCN(C)C.CC(C)CCCN(C)C.CC(C)CCN(C)CC(F)(F)F.CC(C)CCN(C)CCF.CC(C)CCNCC(F)(F)F.CC(C)CN(C)CCO.CCN(C)CCC(C)C. The van der Waals surface area contributed by atoms with Gasteiger partial charge in [-0.25, -0.2) is 4.39 Å². The number of nitrogens with zero attached hydrogens (tertiary/aromatic N) is 6. The number of aliphatic hydroxyl groups is 1. The highest BCUT2D eigenvalue weighted by molar-refractivity contribution is 4.60. The second-order valence-corrected chi connectivity index (χ2v) is 22.7. The van der Waals surface area contributed by atoms with Gasteiger partial charge in [0.2, 0.25) is 0 Å². The van der Waals surface area contributed by atoms with Crippen LogP contribution < -0.4 is 5.32 Å². The minimum Gasteiger partial charge on any atom is -0.395 e. The van der Waals surface area contributed by atoms with Crippen molar-refractivity contribution in [3.8, 4) is 0 Å². The zero-order chi connectivity index (χ0) is 56.5. The second kappa shape index (κ2) is 55.9. The molecule has 0 bridgehead atoms. The highest BCUT2D eigenvalue weighted by atomic mass is 19.4. The molecule has 0 saturated heterocycles. The van der Waals surface area contributed by atoms with Gasteiger partial charge in [0.15, 0.2) is 0 Å². The van der Waals surface area contributed by atoms with Crippen LogP contribution >= 0.6 is 0 Å². The molecule has 0 aromatic rings. The van der Waals surface area contributed by atoms with E-state index in [1.807, 2.05) is 46.7 Å². The lowest BCUT2D eigenvalue weighted by atomic mass is 10.1. The molecule has 2 N–H and O–H groups in total. The van der Waals surface area contributed by atoms with E-state index in [1.54, 1.807) is 0 Å². The Hall–Kier alpha value is -0.810. The Kier molecular flexibility index (Phi) is 66.5. The molecule has 8 nitrogen and oxygen atoms in total. The minimum atomic E-state index is -4.07. The fraction of sp³-hybridized carbons (Fsp3) is 1.00. The summed E-state index contributed by atoms with van der Waals surface area (Å²) in [4.78, 5) is 12.3. The zero-order valence-electron chi connectivity index (χ0n) is 50.6. The molecule has 0 spiro atoms.